The van der Waals surface area contributed by atoms with Gasteiger partial charge >= 0.3 is 0 Å². The van der Waals surface area contributed by atoms with Gasteiger partial charge in [0.05, 0.1) is 15.2 Å². The number of nitrogens with zero attached hydrogens (tertiary/aromatic N) is 1. The number of sulfone groups is 1. The number of aromatic nitrogens is 1. The van der Waals surface area contributed by atoms with Crippen LogP contribution in [0.1, 0.15) is 37.4 Å². The lowest BCUT2D eigenvalue weighted by Crippen LogP contribution is -2.26. The molecule has 0 aliphatic heterocycles. The summed E-state index contributed by atoms with van der Waals surface area (Å²) in [4.78, 5) is 16.9. The van der Waals surface area contributed by atoms with E-state index in [1.165, 1.54) is 35.7 Å². The summed E-state index contributed by atoms with van der Waals surface area (Å²) in [6.45, 7) is 0. The summed E-state index contributed by atoms with van der Waals surface area (Å²) in [6, 6.07) is 6.75. The number of rotatable bonds is 7. The molecule has 2 aromatic carbocycles. The third kappa shape index (κ3) is 5.18. The first kappa shape index (κ1) is 23.6. The molecule has 1 saturated carbocycles. The van der Waals surface area contributed by atoms with E-state index in [0.717, 1.165) is 25.0 Å². The molecule has 33 heavy (non-hydrogen) atoms. The van der Waals surface area contributed by atoms with Crippen molar-refractivity contribution in [1.82, 2.24) is 4.98 Å². The van der Waals surface area contributed by atoms with Crippen molar-refractivity contribution in [3.05, 3.63) is 70.2 Å². The second kappa shape index (κ2) is 9.74. The van der Waals surface area contributed by atoms with E-state index in [4.69, 9.17) is 16.3 Å². The van der Waals surface area contributed by atoms with Gasteiger partial charge in [-0.3, -0.25) is 10.1 Å². The molecule has 1 aromatic heterocycles. The van der Waals surface area contributed by atoms with Crippen LogP contribution >= 0.6 is 22.9 Å². The van der Waals surface area contributed by atoms with E-state index in [1.54, 1.807) is 5.38 Å². The number of anilines is 1. The van der Waals surface area contributed by atoms with Gasteiger partial charge in [-0.15, -0.1) is 11.3 Å². The molecule has 11 heteroatoms. The molecule has 1 aliphatic carbocycles. The molecule has 1 fully saturated rings. The Bertz CT molecular complexity index is 1260. The molecule has 1 unspecified atom stereocenters. The number of ether oxygens (including phenoxy) is 1. The van der Waals surface area contributed by atoms with Crippen molar-refractivity contribution in [3.63, 3.8) is 0 Å². The topological polar surface area (TPSA) is 85.4 Å². The molecule has 1 heterocycles. The van der Waals surface area contributed by atoms with Crippen LogP contribution in [-0.2, 0) is 14.6 Å². The zero-order valence-corrected chi connectivity index (χ0v) is 19.5. The Balaban J connectivity index is 1.68. The number of halogens is 3. The normalized spacial score (nSPS) is 15.4. The highest BCUT2D eigenvalue weighted by atomic mass is 35.5. The summed E-state index contributed by atoms with van der Waals surface area (Å²) in [7, 11) is -3.63. The lowest BCUT2D eigenvalue weighted by molar-refractivity contribution is -0.123. The Kier molecular flexibility index (Phi) is 6.96. The van der Waals surface area contributed by atoms with E-state index in [1.807, 2.05) is 0 Å². The highest BCUT2D eigenvalue weighted by molar-refractivity contribution is 7.92. The van der Waals surface area contributed by atoms with Gasteiger partial charge in [-0.25, -0.2) is 22.2 Å². The average molecular weight is 513 g/mol. The standard InChI is InChI=1S/C22H19ClF2N2O4S2/c23-16-11-13(5-8-19(16)33(29,30)15-3-1-2-4-15)20(21(28)27-22-26-9-10-32-22)31-18-7-6-14(24)12-17(18)25/h5-12,15,20H,1-4H2,(H,26,27,28). The Morgan fingerprint density at radius 2 is 1.94 bits per heavy atom. The van der Waals surface area contributed by atoms with E-state index >= 15 is 0 Å². The quantitative estimate of drug-likeness (QED) is 0.448. The predicted molar refractivity (Wildman–Crippen MR) is 121 cm³/mol. The SMILES string of the molecule is O=C(Nc1nccs1)C(Oc1ccc(F)cc1F)c1ccc(S(=O)(=O)C2CCCC2)c(Cl)c1. The first-order valence-corrected chi connectivity index (χ1v) is 12.9. The van der Waals surface area contributed by atoms with E-state index < -0.39 is 38.7 Å². The van der Waals surface area contributed by atoms with Crippen LogP contribution in [0.4, 0.5) is 13.9 Å². The van der Waals surface area contributed by atoms with Crippen molar-refractivity contribution < 1.29 is 26.7 Å². The van der Waals surface area contributed by atoms with Crippen LogP contribution in [0.5, 0.6) is 5.75 Å². The van der Waals surface area contributed by atoms with Crippen LogP contribution in [-0.4, -0.2) is 24.6 Å². The number of carbonyl (C=O) groups excluding carboxylic acids is 1. The number of carbonyl (C=O) groups is 1. The van der Waals surface area contributed by atoms with Crippen LogP contribution < -0.4 is 10.1 Å². The Labute approximate surface area is 198 Å². The van der Waals surface area contributed by atoms with Gasteiger partial charge < -0.3 is 4.74 Å². The van der Waals surface area contributed by atoms with E-state index in [9.17, 15) is 22.0 Å². The summed E-state index contributed by atoms with van der Waals surface area (Å²) in [5.41, 5.74) is 0.197. The number of thiazole rings is 1. The fraction of sp³-hybridized carbons (Fsp3) is 0.273. The summed E-state index contributed by atoms with van der Waals surface area (Å²) < 4.78 is 59.0. The lowest BCUT2D eigenvalue weighted by Gasteiger charge is -2.20. The molecule has 0 radical (unpaired) electrons. The van der Waals surface area contributed by atoms with Crippen LogP contribution in [0.15, 0.2) is 52.9 Å². The first-order valence-electron chi connectivity index (χ1n) is 10.1. The predicted octanol–water partition coefficient (Wildman–Crippen LogP) is 5.55. The Morgan fingerprint density at radius 1 is 1.18 bits per heavy atom. The zero-order chi connectivity index (χ0) is 23.6. The monoisotopic (exact) mass is 512 g/mol. The summed E-state index contributed by atoms with van der Waals surface area (Å²) in [6.07, 6.45) is 2.92. The number of amides is 1. The van der Waals surface area contributed by atoms with Gasteiger partial charge in [0.1, 0.15) is 5.82 Å². The van der Waals surface area contributed by atoms with E-state index in [2.05, 4.69) is 10.3 Å². The van der Waals surface area contributed by atoms with Crippen LogP contribution in [0.25, 0.3) is 0 Å². The molecule has 4 rings (SSSR count). The second-order valence-corrected chi connectivity index (χ2v) is 11.0. The number of hydrogen-bond acceptors (Lipinski definition) is 6. The maximum absolute atomic E-state index is 14.2. The van der Waals surface area contributed by atoms with E-state index in [-0.39, 0.29) is 21.2 Å². The summed E-state index contributed by atoms with van der Waals surface area (Å²) in [5, 5.41) is 3.96. The lowest BCUT2D eigenvalue weighted by atomic mass is 10.1. The molecule has 6 nitrogen and oxygen atoms in total. The molecule has 1 amide bonds. The van der Waals surface area contributed by atoms with Gasteiger partial charge in [0.25, 0.3) is 5.91 Å². The molecular weight excluding hydrogens is 494 g/mol. The van der Waals surface area contributed by atoms with Crippen molar-refractivity contribution in [2.24, 2.45) is 0 Å². The molecule has 1 atom stereocenters. The first-order chi connectivity index (χ1) is 15.8. The third-order valence-corrected chi connectivity index (χ3v) is 8.78. The van der Waals surface area contributed by atoms with Gasteiger partial charge in [0.15, 0.2) is 26.5 Å². The van der Waals surface area contributed by atoms with Gasteiger partial charge in [-0.2, -0.15) is 0 Å². The number of benzene rings is 2. The molecule has 174 valence electrons. The van der Waals surface area contributed by atoms with Crippen molar-refractivity contribution in [2.45, 2.75) is 41.9 Å². The minimum Gasteiger partial charge on any atom is -0.473 e. The van der Waals surface area contributed by atoms with Gasteiger partial charge in [-0.1, -0.05) is 30.5 Å². The molecule has 0 bridgehead atoms. The minimum absolute atomic E-state index is 0.0214. The van der Waals surface area contributed by atoms with Crippen molar-refractivity contribution in [2.75, 3.05) is 5.32 Å². The molecule has 1 N–H and O–H groups in total. The van der Waals surface area contributed by atoms with Crippen molar-refractivity contribution in [3.8, 4) is 5.75 Å². The highest BCUT2D eigenvalue weighted by Gasteiger charge is 2.33. The van der Waals surface area contributed by atoms with E-state index in [0.29, 0.717) is 24.0 Å². The molecule has 1 aliphatic rings. The average Bonchev–Trinajstić information content (AvgIpc) is 3.47. The zero-order valence-electron chi connectivity index (χ0n) is 17.1. The second-order valence-electron chi connectivity index (χ2n) is 7.54. The number of hydrogen-bond donors (Lipinski definition) is 1. The van der Waals surface area contributed by atoms with Crippen LogP contribution in [0.2, 0.25) is 5.02 Å². The van der Waals surface area contributed by atoms with Gasteiger partial charge in [0, 0.05) is 23.2 Å². The minimum atomic E-state index is -3.63. The fourth-order valence-corrected chi connectivity index (χ4v) is 6.66. The molecule has 0 saturated heterocycles. The highest BCUT2D eigenvalue weighted by Crippen LogP contribution is 2.35. The Hall–Kier alpha value is -2.56. The molecule has 3 aromatic rings. The maximum atomic E-state index is 14.2. The van der Waals surface area contributed by atoms with Crippen molar-refractivity contribution in [1.29, 1.82) is 0 Å². The van der Waals surface area contributed by atoms with Crippen molar-refractivity contribution >= 4 is 43.8 Å². The summed E-state index contributed by atoms with van der Waals surface area (Å²) >= 11 is 7.51. The third-order valence-electron chi connectivity index (χ3n) is 5.35. The fourth-order valence-electron chi connectivity index (χ4n) is 3.72. The molecular formula is C22H19ClF2N2O4S2. The number of nitrogens with one attached hydrogen (secondary N) is 1. The largest absolute Gasteiger partial charge is 0.473 e. The smallest absolute Gasteiger partial charge is 0.271 e. The van der Waals surface area contributed by atoms with Crippen LogP contribution in [0.3, 0.4) is 0 Å². The van der Waals surface area contributed by atoms with Crippen LogP contribution in [0, 0.1) is 11.6 Å². The van der Waals surface area contributed by atoms with Gasteiger partial charge in [0.2, 0.25) is 6.10 Å². The van der Waals surface area contributed by atoms with Gasteiger partial charge in [-0.05, 0) is 37.1 Å². The maximum Gasteiger partial charge on any atom is 0.271 e. The summed E-state index contributed by atoms with van der Waals surface area (Å²) in [5.74, 6) is -2.83. The molecule has 0 spiro atoms. The Morgan fingerprint density at radius 3 is 2.58 bits per heavy atom.